The third-order valence-corrected chi connectivity index (χ3v) is 5.55. The van der Waals surface area contributed by atoms with E-state index in [1.165, 1.54) is 30.4 Å². The van der Waals surface area contributed by atoms with Crippen LogP contribution in [0.25, 0.3) is 5.57 Å². The molecule has 3 aromatic rings. The Balaban J connectivity index is 1.63. The number of anilines is 2. The number of hydrogen-bond acceptors (Lipinski definition) is 5. The average molecular weight is 435 g/mol. The molecule has 0 saturated heterocycles. The van der Waals surface area contributed by atoms with Gasteiger partial charge >= 0.3 is 0 Å². The molecule has 31 heavy (non-hydrogen) atoms. The van der Waals surface area contributed by atoms with Crippen molar-refractivity contribution >= 4 is 46.0 Å². The number of carbonyl (C=O) groups excluding carboxylic acids is 3. The van der Waals surface area contributed by atoms with Crippen LogP contribution in [0.3, 0.4) is 0 Å². The molecule has 0 radical (unpaired) electrons. The Bertz CT molecular complexity index is 1170. The van der Waals surface area contributed by atoms with Crippen LogP contribution >= 0.6 is 11.3 Å². The maximum Gasteiger partial charge on any atom is 0.278 e. The van der Waals surface area contributed by atoms with Crippen LogP contribution in [0.5, 0.6) is 0 Å². The highest BCUT2D eigenvalue weighted by molar-refractivity contribution is 7.11. The van der Waals surface area contributed by atoms with Gasteiger partial charge in [0.05, 0.1) is 12.1 Å². The number of amides is 3. The normalized spacial score (nSPS) is 13.7. The molecule has 0 saturated carbocycles. The van der Waals surface area contributed by atoms with Crippen LogP contribution in [0, 0.1) is 5.82 Å². The van der Waals surface area contributed by atoms with E-state index in [0.29, 0.717) is 27.4 Å². The molecule has 0 spiro atoms. The van der Waals surface area contributed by atoms with Crippen molar-refractivity contribution in [3.63, 3.8) is 0 Å². The van der Waals surface area contributed by atoms with Crippen molar-refractivity contribution < 1.29 is 18.8 Å². The molecule has 4 rings (SSSR count). The average Bonchev–Trinajstić information content (AvgIpc) is 3.34. The number of thiophene rings is 1. The monoisotopic (exact) mass is 435 g/mol. The van der Waals surface area contributed by atoms with Crippen molar-refractivity contribution in [2.75, 3.05) is 10.6 Å². The first-order valence-corrected chi connectivity index (χ1v) is 10.3. The highest BCUT2D eigenvalue weighted by Gasteiger charge is 2.39. The SMILES string of the molecule is CC(=O)Nc1ccc(NC2=C(c3cccs3)C(=O)N(Cc3ccc(F)cc3)C2=O)cc1. The van der Waals surface area contributed by atoms with Crippen molar-refractivity contribution in [3.8, 4) is 0 Å². The molecule has 3 amide bonds. The molecule has 2 aromatic carbocycles. The third-order valence-electron chi connectivity index (χ3n) is 4.66. The number of nitrogens with one attached hydrogen (secondary N) is 2. The number of benzene rings is 2. The summed E-state index contributed by atoms with van der Waals surface area (Å²) in [4.78, 5) is 39.3. The molecule has 1 aliphatic heterocycles. The predicted octanol–water partition coefficient (Wildman–Crippen LogP) is 4.24. The quantitative estimate of drug-likeness (QED) is 0.568. The number of nitrogens with zero attached hydrogens (tertiary/aromatic N) is 1. The van der Waals surface area contributed by atoms with Crippen LogP contribution in [0.4, 0.5) is 15.8 Å². The Morgan fingerprint density at radius 1 is 0.968 bits per heavy atom. The van der Waals surface area contributed by atoms with Crippen LogP contribution in [0.2, 0.25) is 0 Å². The van der Waals surface area contributed by atoms with Gasteiger partial charge in [-0.1, -0.05) is 18.2 Å². The van der Waals surface area contributed by atoms with Crippen molar-refractivity contribution in [2.24, 2.45) is 0 Å². The van der Waals surface area contributed by atoms with Crippen LogP contribution in [0.1, 0.15) is 17.4 Å². The number of carbonyl (C=O) groups is 3. The van der Waals surface area contributed by atoms with Crippen LogP contribution in [-0.2, 0) is 20.9 Å². The van der Waals surface area contributed by atoms with E-state index in [-0.39, 0.29) is 24.0 Å². The summed E-state index contributed by atoms with van der Waals surface area (Å²) in [5, 5.41) is 7.58. The van der Waals surface area contributed by atoms with Crippen LogP contribution in [0.15, 0.2) is 71.7 Å². The van der Waals surface area contributed by atoms with E-state index in [4.69, 9.17) is 0 Å². The van der Waals surface area contributed by atoms with Crippen molar-refractivity contribution in [3.05, 3.63) is 88.0 Å². The number of rotatable bonds is 6. The van der Waals surface area contributed by atoms with Crippen molar-refractivity contribution in [1.82, 2.24) is 4.90 Å². The first kappa shape index (κ1) is 20.5. The molecule has 0 aliphatic carbocycles. The molecule has 1 aliphatic rings. The molecule has 2 heterocycles. The van der Waals surface area contributed by atoms with Gasteiger partial charge in [0, 0.05) is 23.2 Å². The van der Waals surface area contributed by atoms with E-state index in [9.17, 15) is 18.8 Å². The first-order chi connectivity index (χ1) is 14.9. The summed E-state index contributed by atoms with van der Waals surface area (Å²) in [5.74, 6) is -1.43. The smallest absolute Gasteiger partial charge is 0.278 e. The summed E-state index contributed by atoms with van der Waals surface area (Å²) in [7, 11) is 0. The van der Waals surface area contributed by atoms with Gasteiger partial charge in [0.15, 0.2) is 0 Å². The minimum atomic E-state index is -0.455. The van der Waals surface area contributed by atoms with E-state index in [0.717, 1.165) is 4.90 Å². The second-order valence-corrected chi connectivity index (χ2v) is 7.88. The molecule has 8 heteroatoms. The molecule has 0 fully saturated rings. The van der Waals surface area contributed by atoms with Gasteiger partial charge in [-0.15, -0.1) is 11.3 Å². The molecule has 0 bridgehead atoms. The van der Waals surface area contributed by atoms with Gasteiger partial charge < -0.3 is 10.6 Å². The second-order valence-electron chi connectivity index (χ2n) is 6.93. The van der Waals surface area contributed by atoms with Crippen LogP contribution < -0.4 is 10.6 Å². The number of halogens is 1. The number of hydrogen-bond donors (Lipinski definition) is 2. The lowest BCUT2D eigenvalue weighted by Crippen LogP contribution is -2.31. The predicted molar refractivity (Wildman–Crippen MR) is 118 cm³/mol. The Hall–Kier alpha value is -3.78. The van der Waals surface area contributed by atoms with Gasteiger partial charge in [0.1, 0.15) is 11.5 Å². The van der Waals surface area contributed by atoms with Crippen LogP contribution in [-0.4, -0.2) is 22.6 Å². The highest BCUT2D eigenvalue weighted by atomic mass is 32.1. The molecule has 2 N–H and O–H groups in total. The van der Waals surface area contributed by atoms with Gasteiger partial charge in [-0.05, 0) is 53.4 Å². The van der Waals surface area contributed by atoms with Gasteiger partial charge in [0.25, 0.3) is 11.8 Å². The van der Waals surface area contributed by atoms with Gasteiger partial charge in [0.2, 0.25) is 5.91 Å². The maximum absolute atomic E-state index is 13.2. The van der Waals surface area contributed by atoms with Gasteiger partial charge in [-0.3, -0.25) is 19.3 Å². The molecule has 0 atom stereocenters. The van der Waals surface area contributed by atoms with E-state index >= 15 is 0 Å². The fraction of sp³-hybridized carbons (Fsp3) is 0.0870. The zero-order valence-corrected chi connectivity index (χ0v) is 17.3. The largest absolute Gasteiger partial charge is 0.350 e. The molecular formula is C23H18FN3O3S. The third kappa shape index (κ3) is 4.39. The van der Waals surface area contributed by atoms with E-state index in [2.05, 4.69) is 10.6 Å². The zero-order chi connectivity index (χ0) is 22.0. The lowest BCUT2D eigenvalue weighted by molar-refractivity contribution is -0.137. The minimum Gasteiger partial charge on any atom is -0.350 e. The molecule has 0 unspecified atom stereocenters. The van der Waals surface area contributed by atoms with E-state index in [1.54, 1.807) is 42.5 Å². The second kappa shape index (κ2) is 8.53. The molecule has 156 valence electrons. The summed E-state index contributed by atoms with van der Waals surface area (Å²) < 4.78 is 13.2. The summed E-state index contributed by atoms with van der Waals surface area (Å²) in [5.41, 5.74) is 2.35. The fourth-order valence-corrected chi connectivity index (χ4v) is 4.01. The van der Waals surface area contributed by atoms with Gasteiger partial charge in [-0.25, -0.2) is 4.39 Å². The Morgan fingerprint density at radius 3 is 2.26 bits per heavy atom. The summed E-state index contributed by atoms with van der Waals surface area (Å²) in [6.07, 6.45) is 0. The van der Waals surface area contributed by atoms with E-state index in [1.807, 2.05) is 11.4 Å². The summed E-state index contributed by atoms with van der Waals surface area (Å²) in [6, 6.07) is 16.1. The minimum absolute atomic E-state index is 0.0411. The molecule has 6 nitrogen and oxygen atoms in total. The lowest BCUT2D eigenvalue weighted by atomic mass is 10.1. The Morgan fingerprint density at radius 2 is 1.65 bits per heavy atom. The molecular weight excluding hydrogens is 417 g/mol. The standard InChI is InChI=1S/C23H18FN3O3S/c1-14(28)25-17-8-10-18(11-9-17)26-21-20(19-3-2-12-31-19)22(29)27(23(21)30)13-15-4-6-16(24)7-5-15/h2-12,26H,13H2,1H3,(H,25,28). The first-order valence-electron chi connectivity index (χ1n) is 9.46. The highest BCUT2D eigenvalue weighted by Crippen LogP contribution is 2.33. The topological polar surface area (TPSA) is 78.5 Å². The lowest BCUT2D eigenvalue weighted by Gasteiger charge is -2.15. The van der Waals surface area contributed by atoms with Crippen molar-refractivity contribution in [2.45, 2.75) is 13.5 Å². The summed E-state index contributed by atoms with van der Waals surface area (Å²) in [6.45, 7) is 1.46. The summed E-state index contributed by atoms with van der Waals surface area (Å²) >= 11 is 1.37. The van der Waals surface area contributed by atoms with Gasteiger partial charge in [-0.2, -0.15) is 0 Å². The maximum atomic E-state index is 13.2. The fourth-order valence-electron chi connectivity index (χ4n) is 3.24. The van der Waals surface area contributed by atoms with Crippen molar-refractivity contribution in [1.29, 1.82) is 0 Å². The zero-order valence-electron chi connectivity index (χ0n) is 16.5. The molecule has 1 aromatic heterocycles. The Labute approximate surface area is 182 Å². The Kier molecular flexibility index (Phi) is 5.64. The van der Waals surface area contributed by atoms with E-state index < -0.39 is 11.8 Å². The number of imide groups is 1.